The van der Waals surface area contributed by atoms with E-state index in [-0.39, 0.29) is 18.4 Å². The van der Waals surface area contributed by atoms with Crippen LogP contribution in [0.5, 0.6) is 0 Å². The van der Waals surface area contributed by atoms with E-state index in [0.717, 1.165) is 17.8 Å². The monoisotopic (exact) mass is 459 g/mol. The van der Waals surface area contributed by atoms with E-state index >= 15 is 0 Å². The minimum Gasteiger partial charge on any atom is -0.383 e. The van der Waals surface area contributed by atoms with Crippen LogP contribution in [0.2, 0.25) is 0 Å². The quantitative estimate of drug-likeness (QED) is 0.383. The Morgan fingerprint density at radius 3 is 2.44 bits per heavy atom. The van der Waals surface area contributed by atoms with Gasteiger partial charge in [0.2, 0.25) is 5.91 Å². The molecular formula is C28H33N3O3. The van der Waals surface area contributed by atoms with Gasteiger partial charge in [0.05, 0.1) is 13.2 Å². The van der Waals surface area contributed by atoms with Crippen LogP contribution in [0, 0.1) is 6.92 Å². The van der Waals surface area contributed by atoms with Crippen LogP contribution in [0.15, 0.2) is 85.6 Å². The Morgan fingerprint density at radius 1 is 1.00 bits per heavy atom. The molecule has 0 aliphatic rings. The second-order valence-corrected chi connectivity index (χ2v) is 8.21. The van der Waals surface area contributed by atoms with Crippen molar-refractivity contribution in [2.24, 2.45) is 0 Å². The Kier molecular flexibility index (Phi) is 9.23. The lowest BCUT2D eigenvalue weighted by atomic mass is 10.1. The van der Waals surface area contributed by atoms with E-state index in [2.05, 4.69) is 23.3 Å². The third-order valence-corrected chi connectivity index (χ3v) is 5.73. The molecule has 6 nitrogen and oxygen atoms in total. The second-order valence-electron chi connectivity index (χ2n) is 8.21. The number of benzene rings is 2. The number of methoxy groups -OCH3 is 1. The van der Waals surface area contributed by atoms with Gasteiger partial charge in [0.1, 0.15) is 6.54 Å². The molecule has 0 aliphatic carbocycles. The van der Waals surface area contributed by atoms with Crippen molar-refractivity contribution in [1.82, 2.24) is 14.4 Å². The Balaban J connectivity index is 1.76. The normalized spacial score (nSPS) is 10.6. The SMILES string of the molecule is C=CCN(CC(=O)N(CCOC)Cc1cccn1Cc1ccccc1)C(=O)c1ccccc1C. The first kappa shape index (κ1) is 25.0. The molecule has 34 heavy (non-hydrogen) atoms. The average molecular weight is 460 g/mol. The van der Waals surface area contributed by atoms with Gasteiger partial charge in [0.15, 0.2) is 0 Å². The summed E-state index contributed by atoms with van der Waals surface area (Å²) < 4.78 is 7.40. The fourth-order valence-electron chi connectivity index (χ4n) is 3.84. The smallest absolute Gasteiger partial charge is 0.254 e. The Labute approximate surface area is 202 Å². The molecule has 0 aliphatic heterocycles. The summed E-state index contributed by atoms with van der Waals surface area (Å²) in [7, 11) is 1.62. The van der Waals surface area contributed by atoms with Gasteiger partial charge in [-0.25, -0.2) is 0 Å². The zero-order chi connectivity index (χ0) is 24.3. The van der Waals surface area contributed by atoms with Crippen molar-refractivity contribution in [3.05, 3.63) is 108 Å². The number of nitrogens with zero attached hydrogens (tertiary/aromatic N) is 3. The van der Waals surface area contributed by atoms with Gasteiger partial charge in [0.25, 0.3) is 5.91 Å². The van der Waals surface area contributed by atoms with E-state index in [4.69, 9.17) is 4.74 Å². The molecule has 0 bridgehead atoms. The number of carbonyl (C=O) groups is 2. The molecule has 2 aromatic carbocycles. The molecule has 1 heterocycles. The van der Waals surface area contributed by atoms with Crippen molar-refractivity contribution in [2.75, 3.05) is 33.4 Å². The molecule has 2 amide bonds. The zero-order valence-corrected chi connectivity index (χ0v) is 20.0. The highest BCUT2D eigenvalue weighted by atomic mass is 16.5. The summed E-state index contributed by atoms with van der Waals surface area (Å²) in [6, 6.07) is 21.6. The van der Waals surface area contributed by atoms with Crippen LogP contribution in [0.4, 0.5) is 0 Å². The number of rotatable bonds is 12. The van der Waals surface area contributed by atoms with E-state index in [0.29, 0.717) is 31.8 Å². The number of carbonyl (C=O) groups excluding carboxylic acids is 2. The predicted molar refractivity (Wildman–Crippen MR) is 135 cm³/mol. The van der Waals surface area contributed by atoms with Gasteiger partial charge in [-0.2, -0.15) is 0 Å². The number of amides is 2. The van der Waals surface area contributed by atoms with Crippen LogP contribution in [-0.2, 0) is 22.6 Å². The lowest BCUT2D eigenvalue weighted by Gasteiger charge is -2.28. The van der Waals surface area contributed by atoms with Crippen LogP contribution >= 0.6 is 0 Å². The number of aromatic nitrogens is 1. The molecule has 0 radical (unpaired) electrons. The summed E-state index contributed by atoms with van der Waals surface area (Å²) in [6.07, 6.45) is 3.67. The molecule has 0 saturated heterocycles. The van der Waals surface area contributed by atoms with E-state index in [1.165, 1.54) is 5.56 Å². The van der Waals surface area contributed by atoms with Gasteiger partial charge in [-0.05, 0) is 36.2 Å². The van der Waals surface area contributed by atoms with Crippen molar-refractivity contribution in [1.29, 1.82) is 0 Å². The van der Waals surface area contributed by atoms with E-state index in [1.54, 1.807) is 29.1 Å². The van der Waals surface area contributed by atoms with Crippen molar-refractivity contribution in [2.45, 2.75) is 20.0 Å². The van der Waals surface area contributed by atoms with Crippen molar-refractivity contribution >= 4 is 11.8 Å². The summed E-state index contributed by atoms with van der Waals surface area (Å²) in [5, 5.41) is 0. The Bertz CT molecular complexity index is 1090. The summed E-state index contributed by atoms with van der Waals surface area (Å²) in [6.45, 7) is 7.95. The third-order valence-electron chi connectivity index (χ3n) is 5.73. The first-order chi connectivity index (χ1) is 16.5. The second kappa shape index (κ2) is 12.6. The number of hydrogen-bond acceptors (Lipinski definition) is 3. The lowest BCUT2D eigenvalue weighted by Crippen LogP contribution is -2.44. The molecule has 3 rings (SSSR count). The van der Waals surface area contributed by atoms with Crippen LogP contribution in [0.25, 0.3) is 0 Å². The molecule has 6 heteroatoms. The predicted octanol–water partition coefficient (Wildman–Crippen LogP) is 4.15. The first-order valence-electron chi connectivity index (χ1n) is 11.4. The highest BCUT2D eigenvalue weighted by molar-refractivity contribution is 5.97. The topological polar surface area (TPSA) is 54.8 Å². The highest BCUT2D eigenvalue weighted by Gasteiger charge is 2.23. The molecule has 0 unspecified atom stereocenters. The molecule has 0 saturated carbocycles. The maximum Gasteiger partial charge on any atom is 0.254 e. The summed E-state index contributed by atoms with van der Waals surface area (Å²) in [4.78, 5) is 29.9. The fraction of sp³-hybridized carbons (Fsp3) is 0.286. The molecule has 0 atom stereocenters. The summed E-state index contributed by atoms with van der Waals surface area (Å²) >= 11 is 0. The van der Waals surface area contributed by atoms with E-state index in [1.807, 2.05) is 61.7 Å². The van der Waals surface area contributed by atoms with Crippen LogP contribution < -0.4 is 0 Å². The standard InChI is InChI=1S/C28H33N3O3/c1-4-16-31(28(33)26-15-9-8-11-23(26)2)22-27(32)30(18-19-34-3)21-25-14-10-17-29(25)20-24-12-6-5-7-13-24/h4-15,17H,1,16,18-22H2,2-3H3. The Morgan fingerprint density at radius 2 is 1.74 bits per heavy atom. The van der Waals surface area contributed by atoms with Crippen LogP contribution in [0.3, 0.4) is 0 Å². The van der Waals surface area contributed by atoms with E-state index in [9.17, 15) is 9.59 Å². The molecule has 3 aromatic rings. The maximum absolute atomic E-state index is 13.4. The minimum absolute atomic E-state index is 0.0255. The summed E-state index contributed by atoms with van der Waals surface area (Å²) in [5.74, 6) is -0.307. The molecule has 0 spiro atoms. The molecular weight excluding hydrogens is 426 g/mol. The third kappa shape index (κ3) is 6.68. The fourth-order valence-corrected chi connectivity index (χ4v) is 3.84. The molecule has 0 fully saturated rings. The number of aryl methyl sites for hydroxylation is 1. The van der Waals surface area contributed by atoms with Gasteiger partial charge in [-0.15, -0.1) is 6.58 Å². The van der Waals surface area contributed by atoms with Crippen molar-refractivity contribution < 1.29 is 14.3 Å². The maximum atomic E-state index is 13.4. The first-order valence-corrected chi connectivity index (χ1v) is 11.4. The van der Waals surface area contributed by atoms with Crippen molar-refractivity contribution in [3.63, 3.8) is 0 Å². The molecule has 0 N–H and O–H groups in total. The van der Waals surface area contributed by atoms with Gasteiger partial charge < -0.3 is 19.1 Å². The zero-order valence-electron chi connectivity index (χ0n) is 20.0. The average Bonchev–Trinajstić information content (AvgIpc) is 3.28. The number of ether oxygens (including phenoxy) is 1. The minimum atomic E-state index is -0.175. The molecule has 178 valence electrons. The van der Waals surface area contributed by atoms with E-state index < -0.39 is 0 Å². The number of hydrogen-bond donors (Lipinski definition) is 0. The summed E-state index contributed by atoms with van der Waals surface area (Å²) in [5.41, 5.74) is 3.69. The van der Waals surface area contributed by atoms with Gasteiger partial charge in [-0.1, -0.05) is 54.6 Å². The van der Waals surface area contributed by atoms with Crippen LogP contribution in [-0.4, -0.2) is 59.5 Å². The van der Waals surface area contributed by atoms with Gasteiger partial charge in [0, 0.05) is 44.2 Å². The van der Waals surface area contributed by atoms with Gasteiger partial charge in [-0.3, -0.25) is 9.59 Å². The largest absolute Gasteiger partial charge is 0.383 e. The van der Waals surface area contributed by atoms with Crippen molar-refractivity contribution in [3.8, 4) is 0 Å². The van der Waals surface area contributed by atoms with Gasteiger partial charge >= 0.3 is 0 Å². The molecule has 1 aromatic heterocycles. The Hall–Kier alpha value is -3.64. The van der Waals surface area contributed by atoms with Crippen LogP contribution in [0.1, 0.15) is 27.2 Å². The lowest BCUT2D eigenvalue weighted by molar-refractivity contribution is -0.133. The highest BCUT2D eigenvalue weighted by Crippen LogP contribution is 2.14.